The maximum Gasteiger partial charge on any atom is 0.323 e. The van der Waals surface area contributed by atoms with Crippen LogP contribution in [0.1, 0.15) is 32.4 Å². The maximum absolute atomic E-state index is 11.2. The molecule has 17 heavy (non-hydrogen) atoms. The Hall–Kier alpha value is -1.55. The number of carbonyl (C=O) groups is 1. The minimum Gasteiger partial charge on any atom is -0.508 e. The van der Waals surface area contributed by atoms with E-state index in [0.717, 1.165) is 5.56 Å². The van der Waals surface area contributed by atoms with E-state index in [0.29, 0.717) is 0 Å². The van der Waals surface area contributed by atoms with Gasteiger partial charge in [0.1, 0.15) is 11.3 Å². The molecular weight excluding hydrogens is 218 g/mol. The number of benzene rings is 1. The van der Waals surface area contributed by atoms with Crippen LogP contribution < -0.4 is 0 Å². The van der Waals surface area contributed by atoms with E-state index in [1.165, 1.54) is 0 Å². The Morgan fingerprint density at radius 3 is 2.47 bits per heavy atom. The Kier molecular flexibility index (Phi) is 3.78. The summed E-state index contributed by atoms with van der Waals surface area (Å²) in [6, 6.07) is 6.78. The van der Waals surface area contributed by atoms with Crippen LogP contribution >= 0.6 is 0 Å². The average molecular weight is 237 g/mol. The Morgan fingerprint density at radius 2 is 2.00 bits per heavy atom. The molecule has 4 heteroatoms. The van der Waals surface area contributed by atoms with Crippen LogP contribution in [0.5, 0.6) is 5.75 Å². The quantitative estimate of drug-likeness (QED) is 0.843. The third-order valence-corrected chi connectivity index (χ3v) is 3.34. The number of aliphatic carboxylic acids is 1. The van der Waals surface area contributed by atoms with Crippen LogP contribution in [0.3, 0.4) is 0 Å². The zero-order chi connectivity index (χ0) is 13.2. The highest BCUT2D eigenvalue weighted by Crippen LogP contribution is 2.28. The van der Waals surface area contributed by atoms with Crippen LogP contribution in [0.4, 0.5) is 0 Å². The second-order valence-electron chi connectivity index (χ2n) is 4.75. The van der Waals surface area contributed by atoms with Crippen molar-refractivity contribution in [2.24, 2.45) is 0 Å². The standard InChI is InChI=1S/C13H19NO3/c1-9(10-6-5-7-11(15)8-10)14(4)13(2,3)12(16)17/h5-9,15H,1-4H3,(H,16,17). The van der Waals surface area contributed by atoms with E-state index >= 15 is 0 Å². The van der Waals surface area contributed by atoms with Gasteiger partial charge in [-0.15, -0.1) is 0 Å². The van der Waals surface area contributed by atoms with E-state index in [4.69, 9.17) is 0 Å². The number of likely N-dealkylation sites (N-methyl/N-ethyl adjacent to an activating group) is 1. The lowest BCUT2D eigenvalue weighted by atomic mass is 9.98. The van der Waals surface area contributed by atoms with Crippen molar-refractivity contribution < 1.29 is 15.0 Å². The number of carboxylic acids is 1. The van der Waals surface area contributed by atoms with Crippen LogP contribution in [0, 0.1) is 0 Å². The molecule has 0 fully saturated rings. The van der Waals surface area contributed by atoms with E-state index < -0.39 is 11.5 Å². The molecule has 0 saturated carbocycles. The molecule has 1 aromatic rings. The van der Waals surface area contributed by atoms with E-state index in [-0.39, 0.29) is 11.8 Å². The number of phenolic OH excluding ortho intramolecular Hbond substituents is 1. The van der Waals surface area contributed by atoms with Crippen LogP contribution in [-0.4, -0.2) is 33.7 Å². The summed E-state index contributed by atoms with van der Waals surface area (Å²) in [6.07, 6.45) is 0. The van der Waals surface area contributed by atoms with Gasteiger partial charge >= 0.3 is 5.97 Å². The topological polar surface area (TPSA) is 60.8 Å². The summed E-state index contributed by atoms with van der Waals surface area (Å²) >= 11 is 0. The van der Waals surface area contributed by atoms with Crippen molar-refractivity contribution in [2.45, 2.75) is 32.4 Å². The van der Waals surface area contributed by atoms with Crippen molar-refractivity contribution in [1.29, 1.82) is 0 Å². The maximum atomic E-state index is 11.2. The minimum atomic E-state index is -0.953. The van der Waals surface area contributed by atoms with Gasteiger partial charge in [-0.05, 0) is 45.5 Å². The third kappa shape index (κ3) is 2.77. The van der Waals surface area contributed by atoms with Crippen LogP contribution in [0.15, 0.2) is 24.3 Å². The van der Waals surface area contributed by atoms with Crippen LogP contribution in [0.2, 0.25) is 0 Å². The highest BCUT2D eigenvalue weighted by atomic mass is 16.4. The fourth-order valence-corrected chi connectivity index (χ4v) is 1.64. The van der Waals surface area contributed by atoms with Gasteiger partial charge in [0.05, 0.1) is 0 Å². The molecule has 4 nitrogen and oxygen atoms in total. The molecule has 0 bridgehead atoms. The summed E-state index contributed by atoms with van der Waals surface area (Å²) in [4.78, 5) is 12.9. The Bertz CT molecular complexity index is 415. The number of carboxylic acid groups (broad SMARTS) is 1. The van der Waals surface area contributed by atoms with E-state index in [9.17, 15) is 15.0 Å². The third-order valence-electron chi connectivity index (χ3n) is 3.34. The van der Waals surface area contributed by atoms with Gasteiger partial charge in [-0.25, -0.2) is 0 Å². The normalized spacial score (nSPS) is 13.7. The summed E-state index contributed by atoms with van der Waals surface area (Å²) in [5.74, 6) is -0.678. The van der Waals surface area contributed by atoms with Crippen LogP contribution in [-0.2, 0) is 4.79 Å². The van der Waals surface area contributed by atoms with Crippen molar-refractivity contribution >= 4 is 5.97 Å². The number of phenols is 1. The lowest BCUT2D eigenvalue weighted by Crippen LogP contribution is -2.48. The fraction of sp³-hybridized carbons (Fsp3) is 0.462. The zero-order valence-corrected chi connectivity index (χ0v) is 10.6. The molecule has 0 aromatic heterocycles. The number of nitrogens with zero attached hydrogens (tertiary/aromatic N) is 1. The van der Waals surface area contributed by atoms with Gasteiger partial charge in [0.25, 0.3) is 0 Å². The lowest BCUT2D eigenvalue weighted by Gasteiger charge is -2.36. The molecule has 0 heterocycles. The van der Waals surface area contributed by atoms with Gasteiger partial charge in [-0.2, -0.15) is 0 Å². The largest absolute Gasteiger partial charge is 0.508 e. The summed E-state index contributed by atoms with van der Waals surface area (Å²) < 4.78 is 0. The molecule has 1 aromatic carbocycles. The first kappa shape index (κ1) is 13.5. The fourth-order valence-electron chi connectivity index (χ4n) is 1.64. The lowest BCUT2D eigenvalue weighted by molar-refractivity contribution is -0.149. The zero-order valence-electron chi connectivity index (χ0n) is 10.6. The Labute approximate surface area is 101 Å². The Balaban J connectivity index is 2.98. The molecule has 0 spiro atoms. The van der Waals surface area contributed by atoms with Crippen molar-refractivity contribution in [3.05, 3.63) is 29.8 Å². The predicted molar refractivity (Wildman–Crippen MR) is 66.0 cm³/mol. The predicted octanol–water partition coefficient (Wildman–Crippen LogP) is 2.25. The number of rotatable bonds is 4. The molecule has 2 N–H and O–H groups in total. The van der Waals surface area contributed by atoms with Gasteiger partial charge in [0.2, 0.25) is 0 Å². The summed E-state index contributed by atoms with van der Waals surface area (Å²) in [7, 11) is 1.77. The van der Waals surface area contributed by atoms with E-state index in [1.54, 1.807) is 44.0 Å². The van der Waals surface area contributed by atoms with E-state index in [1.807, 2.05) is 13.0 Å². The molecular formula is C13H19NO3. The van der Waals surface area contributed by atoms with E-state index in [2.05, 4.69) is 0 Å². The molecule has 1 unspecified atom stereocenters. The van der Waals surface area contributed by atoms with Gasteiger partial charge in [0.15, 0.2) is 0 Å². The first-order chi connectivity index (χ1) is 7.76. The minimum absolute atomic E-state index is 0.0896. The SMILES string of the molecule is CC(c1cccc(O)c1)N(C)C(C)(C)C(=O)O. The molecule has 0 amide bonds. The molecule has 0 radical (unpaired) electrons. The average Bonchev–Trinajstić information content (AvgIpc) is 2.26. The second kappa shape index (κ2) is 4.75. The van der Waals surface area contributed by atoms with Crippen molar-refractivity contribution in [2.75, 3.05) is 7.05 Å². The molecule has 0 aliphatic rings. The summed E-state index contributed by atoms with van der Waals surface area (Å²) in [5, 5.41) is 18.6. The Morgan fingerprint density at radius 1 is 1.41 bits per heavy atom. The van der Waals surface area contributed by atoms with Crippen LogP contribution in [0.25, 0.3) is 0 Å². The molecule has 94 valence electrons. The first-order valence-electron chi connectivity index (χ1n) is 5.52. The number of aromatic hydroxyl groups is 1. The first-order valence-corrected chi connectivity index (χ1v) is 5.52. The smallest absolute Gasteiger partial charge is 0.323 e. The van der Waals surface area contributed by atoms with Gasteiger partial charge in [-0.3, -0.25) is 9.69 Å². The van der Waals surface area contributed by atoms with Gasteiger partial charge < -0.3 is 10.2 Å². The van der Waals surface area contributed by atoms with Gasteiger partial charge in [0, 0.05) is 6.04 Å². The van der Waals surface area contributed by atoms with Crippen molar-refractivity contribution in [3.8, 4) is 5.75 Å². The highest BCUT2D eigenvalue weighted by Gasteiger charge is 2.35. The van der Waals surface area contributed by atoms with Gasteiger partial charge in [-0.1, -0.05) is 12.1 Å². The van der Waals surface area contributed by atoms with Crippen molar-refractivity contribution in [3.63, 3.8) is 0 Å². The number of hydrogen-bond acceptors (Lipinski definition) is 3. The molecule has 0 saturated heterocycles. The molecule has 1 atom stereocenters. The molecule has 1 rings (SSSR count). The molecule has 0 aliphatic heterocycles. The highest BCUT2D eigenvalue weighted by molar-refractivity contribution is 5.77. The molecule has 0 aliphatic carbocycles. The van der Waals surface area contributed by atoms with Crippen molar-refractivity contribution in [1.82, 2.24) is 4.90 Å². The number of hydrogen-bond donors (Lipinski definition) is 2. The second-order valence-corrected chi connectivity index (χ2v) is 4.75. The summed E-state index contributed by atoms with van der Waals surface area (Å²) in [6.45, 7) is 5.24. The monoisotopic (exact) mass is 237 g/mol. The summed E-state index contributed by atoms with van der Waals surface area (Å²) in [5.41, 5.74) is -0.0629.